The van der Waals surface area contributed by atoms with Crippen LogP contribution >= 0.6 is 23.2 Å². The van der Waals surface area contributed by atoms with Gasteiger partial charge in [-0.25, -0.2) is 8.78 Å². The molecule has 122 valence electrons. The summed E-state index contributed by atoms with van der Waals surface area (Å²) in [5, 5.41) is 10.1. The number of hydrogen-bond acceptors (Lipinski definition) is 4. The maximum atomic E-state index is 13.6. The maximum Gasteiger partial charge on any atom is 0.322 e. The molecule has 0 aliphatic carbocycles. The van der Waals surface area contributed by atoms with Crippen molar-refractivity contribution in [1.82, 2.24) is 10.2 Å². The predicted molar refractivity (Wildman–Crippen MR) is 84.1 cm³/mol. The molecule has 0 radical (unpaired) electrons. The van der Waals surface area contributed by atoms with Crippen LogP contribution in [-0.2, 0) is 0 Å². The number of halogens is 4. The minimum absolute atomic E-state index is 0.00759. The minimum atomic E-state index is -1.06. The Hall–Kier alpha value is -2.51. The summed E-state index contributed by atoms with van der Waals surface area (Å²) in [6, 6.07) is 7.34. The first-order valence-corrected chi connectivity index (χ1v) is 7.25. The lowest BCUT2D eigenvalue weighted by atomic mass is 10.2. The van der Waals surface area contributed by atoms with Crippen LogP contribution in [0.1, 0.15) is 10.4 Å². The molecular formula is C15H7Cl2F2N3O2. The highest BCUT2D eigenvalue weighted by molar-refractivity contribution is 6.35. The Morgan fingerprint density at radius 1 is 1.08 bits per heavy atom. The van der Waals surface area contributed by atoms with Gasteiger partial charge in [0.15, 0.2) is 0 Å². The average molecular weight is 370 g/mol. The number of amides is 1. The van der Waals surface area contributed by atoms with Gasteiger partial charge in [-0.2, -0.15) is 0 Å². The van der Waals surface area contributed by atoms with E-state index in [-0.39, 0.29) is 11.9 Å². The van der Waals surface area contributed by atoms with E-state index in [0.29, 0.717) is 15.6 Å². The molecular weight excluding hydrogens is 363 g/mol. The van der Waals surface area contributed by atoms with Crippen molar-refractivity contribution in [3.8, 4) is 11.5 Å². The van der Waals surface area contributed by atoms with Crippen LogP contribution < -0.4 is 5.32 Å². The van der Waals surface area contributed by atoms with Crippen LogP contribution in [-0.4, -0.2) is 16.1 Å². The fourth-order valence-electron chi connectivity index (χ4n) is 1.92. The van der Waals surface area contributed by atoms with Gasteiger partial charge in [0.05, 0.1) is 10.6 Å². The zero-order valence-corrected chi connectivity index (χ0v) is 13.2. The summed E-state index contributed by atoms with van der Waals surface area (Å²) >= 11 is 11.9. The molecule has 0 atom stereocenters. The highest BCUT2D eigenvalue weighted by Crippen LogP contribution is 2.30. The summed E-state index contributed by atoms with van der Waals surface area (Å²) in [5.41, 5.74) is -0.396. The van der Waals surface area contributed by atoms with Crippen molar-refractivity contribution in [3.63, 3.8) is 0 Å². The molecule has 0 aliphatic heterocycles. The van der Waals surface area contributed by atoms with E-state index >= 15 is 0 Å². The van der Waals surface area contributed by atoms with E-state index in [1.165, 1.54) is 12.1 Å². The number of benzene rings is 2. The molecule has 1 N–H and O–H groups in total. The van der Waals surface area contributed by atoms with Crippen molar-refractivity contribution in [2.75, 3.05) is 5.32 Å². The summed E-state index contributed by atoms with van der Waals surface area (Å²) in [6.07, 6.45) is 0. The molecule has 1 amide bonds. The Morgan fingerprint density at radius 2 is 1.79 bits per heavy atom. The van der Waals surface area contributed by atoms with Crippen LogP contribution in [0.4, 0.5) is 14.8 Å². The number of aromatic nitrogens is 2. The molecule has 5 nitrogen and oxygen atoms in total. The van der Waals surface area contributed by atoms with Gasteiger partial charge in [-0.15, -0.1) is 5.10 Å². The molecule has 9 heteroatoms. The highest BCUT2D eigenvalue weighted by atomic mass is 35.5. The highest BCUT2D eigenvalue weighted by Gasteiger charge is 2.20. The third kappa shape index (κ3) is 3.22. The van der Waals surface area contributed by atoms with Crippen LogP contribution in [0, 0.1) is 11.6 Å². The Kier molecular flexibility index (Phi) is 4.46. The van der Waals surface area contributed by atoms with Gasteiger partial charge in [0.1, 0.15) is 17.2 Å². The van der Waals surface area contributed by atoms with E-state index in [0.717, 1.165) is 18.2 Å². The third-order valence-electron chi connectivity index (χ3n) is 2.99. The molecule has 0 bridgehead atoms. The van der Waals surface area contributed by atoms with E-state index in [1.807, 2.05) is 0 Å². The SMILES string of the molecule is O=C(Nc1nnc(-c2cc(Cl)ccc2Cl)o1)c1c(F)cccc1F. The molecule has 0 unspecified atom stereocenters. The van der Waals surface area contributed by atoms with Crippen molar-refractivity contribution in [2.24, 2.45) is 0 Å². The molecule has 0 fully saturated rings. The molecule has 3 rings (SSSR count). The van der Waals surface area contributed by atoms with Gasteiger partial charge < -0.3 is 4.42 Å². The fraction of sp³-hybridized carbons (Fsp3) is 0. The second kappa shape index (κ2) is 6.54. The second-order valence-corrected chi connectivity index (χ2v) is 5.43. The fourth-order valence-corrected chi connectivity index (χ4v) is 2.29. The van der Waals surface area contributed by atoms with Crippen LogP contribution in [0.2, 0.25) is 10.0 Å². The molecule has 0 aliphatic rings. The summed E-state index contributed by atoms with van der Waals surface area (Å²) in [7, 11) is 0. The lowest BCUT2D eigenvalue weighted by molar-refractivity contribution is 0.101. The van der Waals surface area contributed by atoms with Gasteiger partial charge in [-0.1, -0.05) is 34.4 Å². The molecule has 1 heterocycles. The zero-order valence-electron chi connectivity index (χ0n) is 11.7. The topological polar surface area (TPSA) is 68.0 Å². The van der Waals surface area contributed by atoms with Crippen LogP contribution in [0.15, 0.2) is 40.8 Å². The van der Waals surface area contributed by atoms with Crippen molar-refractivity contribution < 1.29 is 18.0 Å². The molecule has 0 saturated heterocycles. The molecule has 3 aromatic rings. The smallest absolute Gasteiger partial charge is 0.322 e. The normalized spacial score (nSPS) is 10.7. The quantitative estimate of drug-likeness (QED) is 0.733. The first-order valence-electron chi connectivity index (χ1n) is 6.50. The van der Waals surface area contributed by atoms with Gasteiger partial charge in [-0.3, -0.25) is 10.1 Å². The number of carbonyl (C=O) groups excluding carboxylic acids is 1. The van der Waals surface area contributed by atoms with E-state index in [1.54, 1.807) is 6.07 Å². The van der Waals surface area contributed by atoms with E-state index in [2.05, 4.69) is 15.5 Å². The number of nitrogens with one attached hydrogen (secondary N) is 1. The molecule has 0 saturated carbocycles. The van der Waals surface area contributed by atoms with Crippen LogP contribution in [0.5, 0.6) is 0 Å². The van der Waals surface area contributed by atoms with E-state index < -0.39 is 23.1 Å². The summed E-state index contributed by atoms with van der Waals surface area (Å²) in [4.78, 5) is 12.0. The number of carbonyl (C=O) groups is 1. The average Bonchev–Trinajstić information content (AvgIpc) is 2.97. The van der Waals surface area contributed by atoms with Gasteiger partial charge in [0.25, 0.3) is 11.8 Å². The van der Waals surface area contributed by atoms with Crippen molar-refractivity contribution in [1.29, 1.82) is 0 Å². The first-order chi connectivity index (χ1) is 11.5. The summed E-state index contributed by atoms with van der Waals surface area (Å²) < 4.78 is 32.4. The third-order valence-corrected chi connectivity index (χ3v) is 3.56. The monoisotopic (exact) mass is 369 g/mol. The van der Waals surface area contributed by atoms with Crippen molar-refractivity contribution >= 4 is 35.1 Å². The molecule has 0 spiro atoms. The Balaban J connectivity index is 1.87. The molecule has 1 aromatic heterocycles. The Morgan fingerprint density at radius 3 is 2.50 bits per heavy atom. The molecule has 24 heavy (non-hydrogen) atoms. The Labute approximate surface area is 144 Å². The standard InChI is InChI=1S/C15H7Cl2F2N3O2/c16-7-4-5-9(17)8(6-7)14-21-22-15(24-14)20-13(23)12-10(18)2-1-3-11(12)19/h1-6H,(H,20,22,23). The number of hydrogen-bond donors (Lipinski definition) is 1. The van der Waals surface area contributed by atoms with E-state index in [9.17, 15) is 13.6 Å². The van der Waals surface area contributed by atoms with Gasteiger partial charge in [-0.05, 0) is 30.3 Å². The van der Waals surface area contributed by atoms with Crippen molar-refractivity contribution in [3.05, 3.63) is 63.6 Å². The molecule has 2 aromatic carbocycles. The Bertz CT molecular complexity index is 911. The van der Waals surface area contributed by atoms with E-state index in [4.69, 9.17) is 27.6 Å². The predicted octanol–water partition coefficient (Wildman–Crippen LogP) is 4.57. The number of rotatable bonds is 3. The summed E-state index contributed by atoms with van der Waals surface area (Å²) in [5.74, 6) is -3.08. The largest absolute Gasteiger partial charge is 0.403 e. The lowest BCUT2D eigenvalue weighted by Crippen LogP contribution is -2.16. The summed E-state index contributed by atoms with van der Waals surface area (Å²) in [6.45, 7) is 0. The van der Waals surface area contributed by atoms with Gasteiger partial charge >= 0.3 is 6.01 Å². The van der Waals surface area contributed by atoms with Crippen LogP contribution in [0.25, 0.3) is 11.5 Å². The maximum absolute atomic E-state index is 13.6. The van der Waals surface area contributed by atoms with Gasteiger partial charge in [0, 0.05) is 5.02 Å². The van der Waals surface area contributed by atoms with Gasteiger partial charge in [0.2, 0.25) is 0 Å². The van der Waals surface area contributed by atoms with Crippen molar-refractivity contribution in [2.45, 2.75) is 0 Å². The first kappa shape index (κ1) is 16.4. The zero-order chi connectivity index (χ0) is 17.3. The number of anilines is 1. The van der Waals surface area contributed by atoms with Crippen LogP contribution in [0.3, 0.4) is 0 Å². The minimum Gasteiger partial charge on any atom is -0.403 e. The lowest BCUT2D eigenvalue weighted by Gasteiger charge is -2.03. The second-order valence-electron chi connectivity index (χ2n) is 4.59. The number of nitrogens with zero attached hydrogens (tertiary/aromatic N) is 2.